The number of aromatic nitrogens is 2. The molecule has 0 atom stereocenters. The molecule has 86 valence electrons. The van der Waals surface area contributed by atoms with E-state index < -0.39 is 0 Å². The lowest BCUT2D eigenvalue weighted by Crippen LogP contribution is -2.27. The largest absolute Gasteiger partial charge is 0.360 e. The first kappa shape index (κ1) is 12.4. The lowest BCUT2D eigenvalue weighted by Gasteiger charge is -2.08. The molecule has 7 heteroatoms. The van der Waals surface area contributed by atoms with E-state index in [1.54, 1.807) is 6.92 Å². The molecule has 1 rings (SSSR count). The maximum atomic E-state index is 11.0. The molecule has 2 N–H and O–H groups in total. The second-order valence-electron chi connectivity index (χ2n) is 2.97. The van der Waals surface area contributed by atoms with Crippen LogP contribution in [-0.4, -0.2) is 35.8 Å². The molecule has 0 aliphatic carbocycles. The van der Waals surface area contributed by atoms with E-state index in [2.05, 4.69) is 20.6 Å². The van der Waals surface area contributed by atoms with Crippen molar-refractivity contribution in [3.05, 3.63) is 16.5 Å². The first-order chi connectivity index (χ1) is 7.58. The van der Waals surface area contributed by atoms with E-state index in [-0.39, 0.29) is 29.0 Å². The number of carbonyl (C=O) groups is 2. The number of likely N-dealkylation sites (N-methyl/N-ethyl adjacent to an activating group) is 1. The normalized spacial score (nSPS) is 9.69. The molecule has 0 aliphatic rings. The predicted octanol–water partition coefficient (Wildman–Crippen LogP) is 0.409. The van der Waals surface area contributed by atoms with Crippen LogP contribution in [0.3, 0.4) is 0 Å². The average Bonchev–Trinajstić information content (AvgIpc) is 2.25. The molecular weight excluding hydrogens is 232 g/mol. The molecule has 0 saturated carbocycles. The zero-order valence-corrected chi connectivity index (χ0v) is 9.63. The summed E-state index contributed by atoms with van der Waals surface area (Å²) in [6, 6.07) is 0. The minimum atomic E-state index is -0.218. The molecule has 0 aromatic carbocycles. The van der Waals surface area contributed by atoms with Crippen LogP contribution < -0.4 is 10.6 Å². The van der Waals surface area contributed by atoms with E-state index in [9.17, 15) is 9.59 Å². The molecule has 6 nitrogen and oxygen atoms in total. The average molecular weight is 243 g/mol. The van der Waals surface area contributed by atoms with Gasteiger partial charge in [0.25, 0.3) is 0 Å². The summed E-state index contributed by atoms with van der Waals surface area (Å²) >= 11 is 5.76. The summed E-state index contributed by atoms with van der Waals surface area (Å²) in [5.41, 5.74) is 0.149. The van der Waals surface area contributed by atoms with Crippen molar-refractivity contribution < 1.29 is 9.59 Å². The fourth-order valence-corrected chi connectivity index (χ4v) is 1.29. The molecule has 0 saturated heterocycles. The van der Waals surface area contributed by atoms with E-state index in [0.29, 0.717) is 12.1 Å². The van der Waals surface area contributed by atoms with Crippen molar-refractivity contribution in [1.29, 1.82) is 0 Å². The zero-order valence-electron chi connectivity index (χ0n) is 8.87. The Morgan fingerprint density at radius 2 is 2.19 bits per heavy atom. The van der Waals surface area contributed by atoms with Gasteiger partial charge in [0.1, 0.15) is 16.8 Å². The minimum absolute atomic E-state index is 0.0180. The third-order valence-corrected chi connectivity index (χ3v) is 2.11. The molecule has 1 aromatic heterocycles. The molecule has 0 unspecified atom stereocenters. The van der Waals surface area contributed by atoms with Crippen LogP contribution in [0.25, 0.3) is 0 Å². The third kappa shape index (κ3) is 2.90. The van der Waals surface area contributed by atoms with Crippen LogP contribution in [-0.2, 0) is 4.79 Å². The van der Waals surface area contributed by atoms with Crippen LogP contribution in [0.1, 0.15) is 16.2 Å². The summed E-state index contributed by atoms with van der Waals surface area (Å²) in [6.45, 7) is 1.66. The molecule has 1 aromatic rings. The molecule has 16 heavy (non-hydrogen) atoms. The summed E-state index contributed by atoms with van der Waals surface area (Å²) in [4.78, 5) is 29.6. The monoisotopic (exact) mass is 242 g/mol. The van der Waals surface area contributed by atoms with E-state index in [1.807, 2.05) is 0 Å². The highest BCUT2D eigenvalue weighted by Gasteiger charge is 2.11. The van der Waals surface area contributed by atoms with Crippen LogP contribution in [0.15, 0.2) is 0 Å². The van der Waals surface area contributed by atoms with Gasteiger partial charge >= 0.3 is 0 Å². The van der Waals surface area contributed by atoms with E-state index in [0.717, 1.165) is 0 Å². The van der Waals surface area contributed by atoms with Gasteiger partial charge in [-0.1, -0.05) is 11.6 Å². The molecule has 1 amide bonds. The Morgan fingerprint density at radius 1 is 1.50 bits per heavy atom. The number of amides is 1. The van der Waals surface area contributed by atoms with Crippen molar-refractivity contribution in [2.75, 3.05) is 18.9 Å². The lowest BCUT2D eigenvalue weighted by molar-refractivity contribution is -0.118. The number of halogens is 1. The Balaban J connectivity index is 2.93. The second-order valence-corrected chi connectivity index (χ2v) is 3.33. The standard InChI is InChI=1S/C9H11ClN4O2/c1-5-13-8(10)6(4-15)9(14-5)12-3-7(16)11-2/h4H,3H2,1-2H3,(H,11,16)(H,12,13,14). The second kappa shape index (κ2) is 5.41. The summed E-state index contributed by atoms with van der Waals surface area (Å²) < 4.78 is 0. The Bertz CT molecular complexity index is 422. The number of hydrogen-bond acceptors (Lipinski definition) is 5. The molecule has 1 heterocycles. The lowest BCUT2D eigenvalue weighted by atomic mass is 10.3. The highest BCUT2D eigenvalue weighted by molar-refractivity contribution is 6.32. The van der Waals surface area contributed by atoms with Gasteiger partial charge in [-0.3, -0.25) is 9.59 Å². The molecule has 0 aliphatic heterocycles. The number of nitrogens with one attached hydrogen (secondary N) is 2. The summed E-state index contributed by atoms with van der Waals surface area (Å²) in [6.07, 6.45) is 0.550. The van der Waals surface area contributed by atoms with Crippen molar-refractivity contribution in [2.24, 2.45) is 0 Å². The Kier molecular flexibility index (Phi) is 4.19. The molecule has 0 radical (unpaired) electrons. The quantitative estimate of drug-likeness (QED) is 0.590. The Labute approximate surface area is 97.4 Å². The zero-order chi connectivity index (χ0) is 12.1. The number of carbonyl (C=O) groups excluding carboxylic acids is 2. The van der Waals surface area contributed by atoms with Crippen LogP contribution in [0.2, 0.25) is 5.15 Å². The topological polar surface area (TPSA) is 84.0 Å². The van der Waals surface area contributed by atoms with E-state index in [4.69, 9.17) is 11.6 Å². The van der Waals surface area contributed by atoms with Gasteiger partial charge in [0.2, 0.25) is 5.91 Å². The van der Waals surface area contributed by atoms with Crippen molar-refractivity contribution >= 4 is 29.6 Å². The van der Waals surface area contributed by atoms with Crippen LogP contribution >= 0.6 is 11.6 Å². The maximum Gasteiger partial charge on any atom is 0.239 e. The fourth-order valence-electron chi connectivity index (χ4n) is 1.04. The first-order valence-electron chi connectivity index (χ1n) is 4.52. The van der Waals surface area contributed by atoms with Gasteiger partial charge in [0.05, 0.1) is 12.1 Å². The van der Waals surface area contributed by atoms with Crippen molar-refractivity contribution in [3.63, 3.8) is 0 Å². The van der Waals surface area contributed by atoms with E-state index in [1.165, 1.54) is 7.05 Å². The van der Waals surface area contributed by atoms with E-state index >= 15 is 0 Å². The Hall–Kier alpha value is -1.69. The molecule has 0 spiro atoms. The highest BCUT2D eigenvalue weighted by Crippen LogP contribution is 2.18. The first-order valence-corrected chi connectivity index (χ1v) is 4.90. The van der Waals surface area contributed by atoms with Gasteiger partial charge in [-0.15, -0.1) is 0 Å². The number of nitrogens with zero attached hydrogens (tertiary/aromatic N) is 2. The SMILES string of the molecule is CNC(=O)CNc1nc(C)nc(Cl)c1C=O. The van der Waals surface area contributed by atoms with Crippen molar-refractivity contribution in [2.45, 2.75) is 6.92 Å². The maximum absolute atomic E-state index is 11.0. The van der Waals surface area contributed by atoms with Gasteiger partial charge in [-0.05, 0) is 6.92 Å². The Morgan fingerprint density at radius 3 is 2.75 bits per heavy atom. The predicted molar refractivity (Wildman–Crippen MR) is 59.7 cm³/mol. The van der Waals surface area contributed by atoms with Crippen LogP contribution in [0, 0.1) is 6.92 Å². The number of rotatable bonds is 4. The van der Waals surface area contributed by atoms with Crippen molar-refractivity contribution in [1.82, 2.24) is 15.3 Å². The van der Waals surface area contributed by atoms with Crippen LogP contribution in [0.4, 0.5) is 5.82 Å². The van der Waals surface area contributed by atoms with Crippen LogP contribution in [0.5, 0.6) is 0 Å². The molecular formula is C9H11ClN4O2. The van der Waals surface area contributed by atoms with Gasteiger partial charge in [-0.2, -0.15) is 0 Å². The smallest absolute Gasteiger partial charge is 0.239 e. The summed E-state index contributed by atoms with van der Waals surface area (Å²) in [7, 11) is 1.52. The number of anilines is 1. The number of aldehydes is 1. The van der Waals surface area contributed by atoms with Gasteiger partial charge in [0, 0.05) is 7.05 Å². The number of aryl methyl sites for hydroxylation is 1. The summed E-state index contributed by atoms with van der Waals surface area (Å²) in [5.74, 6) is 0.468. The van der Waals surface area contributed by atoms with Gasteiger partial charge < -0.3 is 10.6 Å². The molecule has 0 fully saturated rings. The fraction of sp³-hybridized carbons (Fsp3) is 0.333. The van der Waals surface area contributed by atoms with Crippen molar-refractivity contribution in [3.8, 4) is 0 Å². The third-order valence-electron chi connectivity index (χ3n) is 1.82. The number of hydrogen-bond donors (Lipinski definition) is 2. The minimum Gasteiger partial charge on any atom is -0.360 e. The van der Waals surface area contributed by atoms with Gasteiger partial charge in [-0.25, -0.2) is 9.97 Å². The molecule has 0 bridgehead atoms. The van der Waals surface area contributed by atoms with Gasteiger partial charge in [0.15, 0.2) is 6.29 Å². The summed E-state index contributed by atoms with van der Waals surface area (Å²) in [5, 5.41) is 5.22. The highest BCUT2D eigenvalue weighted by atomic mass is 35.5.